The summed E-state index contributed by atoms with van der Waals surface area (Å²) in [4.78, 5) is 0. The van der Waals surface area contributed by atoms with Gasteiger partial charge in [-0.25, -0.2) is 0 Å². The van der Waals surface area contributed by atoms with E-state index in [-0.39, 0.29) is 0 Å². The van der Waals surface area contributed by atoms with E-state index in [0.29, 0.717) is 0 Å². The summed E-state index contributed by atoms with van der Waals surface area (Å²) < 4.78 is 9.81. The van der Waals surface area contributed by atoms with Crippen LogP contribution < -0.4 is 0 Å². The highest BCUT2D eigenvalue weighted by molar-refractivity contribution is 5.79. The molecule has 8 bridgehead atoms. The molecule has 64 heavy (non-hydrogen) atoms. The second-order valence-corrected chi connectivity index (χ2v) is 18.4. The lowest BCUT2D eigenvalue weighted by atomic mass is 10.0. The van der Waals surface area contributed by atoms with E-state index in [1.54, 1.807) is 0 Å². The van der Waals surface area contributed by atoms with Gasteiger partial charge in [-0.15, -0.1) is 0 Å². The van der Waals surface area contributed by atoms with Crippen molar-refractivity contribution in [2.75, 3.05) is 0 Å². The lowest BCUT2D eigenvalue weighted by Gasteiger charge is -2.21. The van der Waals surface area contributed by atoms with Crippen molar-refractivity contribution >= 4 is 44.1 Å². The standard InChI is InChI=1S/C60H60N4/c1-37-27-41(5)57(42(6)28-37)61-49-19-21-50(22-20-49)63(59-45(9)31-39(3)32-46(59)10)55-17-14-18-56(36-55)64(60-47(11)33-40(4)34-48(60)12)52-25-23-51(24-26-52)62(54-16-13-15-53(61)35-54)58-43(7)29-38(2)30-44(58)8/h13-36H,1-12H3. The number of hydrogen-bond donors (Lipinski definition) is 0. The highest BCUT2D eigenvalue weighted by Gasteiger charge is 2.15. The molecule has 0 spiro atoms. The molecule has 0 aliphatic heterocycles. The van der Waals surface area contributed by atoms with E-state index in [1.165, 1.54) is 89.5 Å². The molecular weight excluding hydrogens is 777 g/mol. The van der Waals surface area contributed by atoms with Crippen molar-refractivity contribution in [1.82, 2.24) is 18.3 Å². The Labute approximate surface area is 379 Å². The molecule has 320 valence electrons. The number of rotatable bonds is 4. The van der Waals surface area contributed by atoms with Crippen molar-refractivity contribution in [1.29, 1.82) is 0 Å². The summed E-state index contributed by atoms with van der Waals surface area (Å²) in [6, 6.07) is 55.0. The van der Waals surface area contributed by atoms with Crippen molar-refractivity contribution in [3.63, 3.8) is 0 Å². The fourth-order valence-corrected chi connectivity index (χ4v) is 10.8. The van der Waals surface area contributed by atoms with Gasteiger partial charge in [-0.2, -0.15) is 0 Å². The summed E-state index contributed by atoms with van der Waals surface area (Å²) in [5, 5.41) is 0. The average molecular weight is 837 g/mol. The summed E-state index contributed by atoms with van der Waals surface area (Å²) in [6.45, 7) is 26.7. The molecule has 4 heteroatoms. The van der Waals surface area contributed by atoms with Crippen LogP contribution in [-0.4, -0.2) is 18.3 Å². The number of aromatic nitrogens is 4. The van der Waals surface area contributed by atoms with Crippen LogP contribution in [0.1, 0.15) is 66.8 Å². The molecule has 0 amide bonds. The molecule has 0 fully saturated rings. The summed E-state index contributed by atoms with van der Waals surface area (Å²) in [7, 11) is 0. The van der Waals surface area contributed by atoms with E-state index >= 15 is 0 Å². The zero-order chi connectivity index (χ0) is 45.1. The van der Waals surface area contributed by atoms with Crippen LogP contribution in [0, 0.1) is 83.1 Å². The van der Waals surface area contributed by atoms with Gasteiger partial charge in [0, 0.05) is 44.1 Å². The van der Waals surface area contributed by atoms with Crippen molar-refractivity contribution in [2.24, 2.45) is 0 Å². The van der Waals surface area contributed by atoms with Gasteiger partial charge in [-0.05, 0) is 213 Å². The lowest BCUT2D eigenvalue weighted by molar-refractivity contribution is 1.07. The zero-order valence-electron chi connectivity index (χ0n) is 39.6. The molecule has 0 saturated carbocycles. The molecule has 0 radical (unpaired) electrons. The van der Waals surface area contributed by atoms with Crippen LogP contribution in [0.15, 0.2) is 146 Å². The third kappa shape index (κ3) is 7.62. The molecule has 4 nitrogen and oxygen atoms in total. The van der Waals surface area contributed by atoms with Gasteiger partial charge in [0.25, 0.3) is 0 Å². The second kappa shape index (κ2) is 16.6. The number of benzene rings is 8. The maximum Gasteiger partial charge on any atom is 0.0520 e. The first kappa shape index (κ1) is 42.3. The molecule has 0 unspecified atom stereocenters. The Morgan fingerprint density at radius 2 is 0.375 bits per heavy atom. The van der Waals surface area contributed by atoms with Gasteiger partial charge in [0.1, 0.15) is 0 Å². The Morgan fingerprint density at radius 1 is 0.203 bits per heavy atom. The van der Waals surface area contributed by atoms with Gasteiger partial charge in [-0.1, -0.05) is 82.9 Å². The predicted molar refractivity (Wildman–Crippen MR) is 275 cm³/mol. The van der Waals surface area contributed by atoms with Gasteiger partial charge in [0.15, 0.2) is 0 Å². The smallest absolute Gasteiger partial charge is 0.0520 e. The minimum Gasteiger partial charge on any atom is -0.310 e. The SMILES string of the molecule is Cc1cc(C)c(-n2c3ccc(cc3)n(-c3c(C)cc(C)cc3C)c3cccc(c3)n(-c3c(C)cc(C)cc3C)c3ccc(cc3)n(-c3c(C)cc(C)cc3C)c3cccc2c3)c(C)c1. The molecule has 0 aliphatic carbocycles. The first-order chi connectivity index (χ1) is 30.7. The van der Waals surface area contributed by atoms with Crippen LogP contribution in [0.25, 0.3) is 66.9 Å². The summed E-state index contributed by atoms with van der Waals surface area (Å²) in [5.41, 5.74) is 28.5. The monoisotopic (exact) mass is 836 g/mol. The Balaban J connectivity index is 1.56. The van der Waals surface area contributed by atoms with Crippen LogP contribution in [-0.2, 0) is 0 Å². The number of aryl methyl sites for hydroxylation is 12. The summed E-state index contributed by atoms with van der Waals surface area (Å²) >= 11 is 0. The van der Waals surface area contributed by atoms with E-state index in [2.05, 4.69) is 247 Å². The Morgan fingerprint density at radius 3 is 0.547 bits per heavy atom. The van der Waals surface area contributed by atoms with E-state index in [4.69, 9.17) is 0 Å². The first-order valence-corrected chi connectivity index (χ1v) is 22.6. The normalized spacial score (nSPS) is 11.4. The Bertz CT molecular complexity index is 2930. The molecule has 12 rings (SSSR count). The molecule has 8 aromatic carbocycles. The van der Waals surface area contributed by atoms with Gasteiger partial charge < -0.3 is 18.3 Å². The Hall–Kier alpha value is -7.04. The highest BCUT2D eigenvalue weighted by Crippen LogP contribution is 2.32. The third-order valence-electron chi connectivity index (χ3n) is 12.9. The minimum absolute atomic E-state index is 1.09. The minimum atomic E-state index is 1.09. The molecular formula is C60H60N4. The predicted octanol–water partition coefficient (Wildman–Crippen LogP) is 16.0. The largest absolute Gasteiger partial charge is 0.310 e. The topological polar surface area (TPSA) is 19.7 Å². The van der Waals surface area contributed by atoms with Gasteiger partial charge in [-0.3, -0.25) is 0 Å². The molecule has 0 aliphatic rings. The van der Waals surface area contributed by atoms with Gasteiger partial charge >= 0.3 is 0 Å². The number of hydrogen-bond acceptors (Lipinski definition) is 0. The maximum atomic E-state index is 2.45. The maximum absolute atomic E-state index is 2.45. The molecule has 4 heterocycles. The van der Waals surface area contributed by atoms with Crippen LogP contribution in [0.2, 0.25) is 0 Å². The molecule has 0 atom stereocenters. The fourth-order valence-electron chi connectivity index (χ4n) is 10.8. The quantitative estimate of drug-likeness (QED) is 0.168. The van der Waals surface area contributed by atoms with E-state index in [9.17, 15) is 0 Å². The first-order valence-electron chi connectivity index (χ1n) is 22.6. The second-order valence-electron chi connectivity index (χ2n) is 18.4. The van der Waals surface area contributed by atoms with Crippen LogP contribution >= 0.6 is 0 Å². The average Bonchev–Trinajstić information content (AvgIpc) is 3.23. The fraction of sp³-hybridized carbons (Fsp3) is 0.200. The lowest BCUT2D eigenvalue weighted by Crippen LogP contribution is -2.06. The van der Waals surface area contributed by atoms with Crippen LogP contribution in [0.5, 0.6) is 0 Å². The molecule has 4 aromatic heterocycles. The summed E-state index contributed by atoms with van der Waals surface area (Å²) in [5.74, 6) is 0. The van der Waals surface area contributed by atoms with E-state index in [0.717, 1.165) is 44.1 Å². The van der Waals surface area contributed by atoms with Crippen molar-refractivity contribution in [2.45, 2.75) is 83.1 Å². The molecule has 12 aromatic rings. The molecule has 0 saturated heterocycles. The third-order valence-corrected chi connectivity index (χ3v) is 12.9. The Kier molecular flexibility index (Phi) is 11.0. The van der Waals surface area contributed by atoms with Gasteiger partial charge in [0.05, 0.1) is 22.7 Å². The van der Waals surface area contributed by atoms with Crippen LogP contribution in [0.3, 0.4) is 0 Å². The van der Waals surface area contributed by atoms with Crippen molar-refractivity contribution in [3.05, 3.63) is 212 Å². The van der Waals surface area contributed by atoms with E-state index < -0.39 is 0 Å². The zero-order valence-corrected chi connectivity index (χ0v) is 39.6. The van der Waals surface area contributed by atoms with Crippen molar-refractivity contribution in [3.8, 4) is 22.7 Å². The van der Waals surface area contributed by atoms with E-state index in [1.807, 2.05) is 0 Å². The summed E-state index contributed by atoms with van der Waals surface area (Å²) in [6.07, 6.45) is 0. The highest BCUT2D eigenvalue weighted by atomic mass is 15.0. The van der Waals surface area contributed by atoms with Crippen LogP contribution in [0.4, 0.5) is 0 Å². The van der Waals surface area contributed by atoms with Gasteiger partial charge in [0.2, 0.25) is 0 Å². The van der Waals surface area contributed by atoms with Crippen molar-refractivity contribution < 1.29 is 0 Å². The molecule has 0 N–H and O–H groups in total. The number of nitrogens with zero attached hydrogens (tertiary/aromatic N) is 4.